The smallest absolute Gasteiger partial charge is 0.317 e. The summed E-state index contributed by atoms with van der Waals surface area (Å²) in [5.74, 6) is -0.438. The van der Waals surface area contributed by atoms with Gasteiger partial charge in [0.2, 0.25) is 5.91 Å². The zero-order valence-electron chi connectivity index (χ0n) is 17.2. The predicted octanol–water partition coefficient (Wildman–Crippen LogP) is 2.93. The van der Waals surface area contributed by atoms with Crippen LogP contribution < -0.4 is 5.32 Å². The van der Waals surface area contributed by atoms with Gasteiger partial charge in [0.05, 0.1) is 12.6 Å². The standard InChI is InChI=1S/C21H33N3O3/c1-14(2)18-8-6-7-15(3)20(18)22-21(27)16(4)24-11-9-17(10-12-24)23(5)13-19(25)26/h6-8,14,16-17H,9-13H2,1-5H3,(H,22,27)(H,25,26). The van der Waals surface area contributed by atoms with Gasteiger partial charge in [-0.05, 0) is 50.8 Å². The van der Waals surface area contributed by atoms with Gasteiger partial charge in [0.25, 0.3) is 0 Å². The van der Waals surface area contributed by atoms with Crippen LogP contribution in [-0.2, 0) is 9.59 Å². The van der Waals surface area contributed by atoms with Gasteiger partial charge in [-0.15, -0.1) is 0 Å². The molecule has 1 saturated heterocycles. The number of carbonyl (C=O) groups is 2. The number of likely N-dealkylation sites (N-methyl/N-ethyl adjacent to an activating group) is 1. The van der Waals surface area contributed by atoms with Crippen LogP contribution in [0.5, 0.6) is 0 Å². The van der Waals surface area contributed by atoms with Crippen molar-refractivity contribution in [2.75, 3.05) is 32.0 Å². The van der Waals surface area contributed by atoms with E-state index < -0.39 is 5.97 Å². The van der Waals surface area contributed by atoms with E-state index in [9.17, 15) is 9.59 Å². The lowest BCUT2D eigenvalue weighted by Crippen LogP contribution is -2.50. The quantitative estimate of drug-likeness (QED) is 0.767. The summed E-state index contributed by atoms with van der Waals surface area (Å²) in [6, 6.07) is 6.17. The minimum Gasteiger partial charge on any atom is -0.480 e. The van der Waals surface area contributed by atoms with E-state index in [1.54, 1.807) is 0 Å². The second-order valence-corrected chi connectivity index (χ2v) is 7.94. The molecule has 0 aromatic heterocycles. The Morgan fingerprint density at radius 3 is 2.44 bits per heavy atom. The monoisotopic (exact) mass is 375 g/mol. The van der Waals surface area contributed by atoms with E-state index in [0.29, 0.717) is 5.92 Å². The van der Waals surface area contributed by atoms with Crippen LogP contribution in [0, 0.1) is 6.92 Å². The van der Waals surface area contributed by atoms with Crippen molar-refractivity contribution in [3.8, 4) is 0 Å². The van der Waals surface area contributed by atoms with Crippen LogP contribution in [-0.4, -0.2) is 65.5 Å². The van der Waals surface area contributed by atoms with Crippen molar-refractivity contribution in [2.45, 2.75) is 58.5 Å². The van der Waals surface area contributed by atoms with Gasteiger partial charge < -0.3 is 10.4 Å². The van der Waals surface area contributed by atoms with Gasteiger partial charge in [-0.3, -0.25) is 19.4 Å². The summed E-state index contributed by atoms with van der Waals surface area (Å²) in [6.07, 6.45) is 1.76. The molecule has 1 aliphatic rings. The van der Waals surface area contributed by atoms with Crippen molar-refractivity contribution in [1.29, 1.82) is 0 Å². The number of nitrogens with one attached hydrogen (secondary N) is 1. The number of carboxylic acids is 1. The molecule has 1 aromatic carbocycles. The van der Waals surface area contributed by atoms with E-state index >= 15 is 0 Å². The first kappa shape index (κ1) is 21.4. The van der Waals surface area contributed by atoms with Crippen molar-refractivity contribution < 1.29 is 14.7 Å². The van der Waals surface area contributed by atoms with E-state index in [1.807, 2.05) is 37.9 Å². The van der Waals surface area contributed by atoms with Gasteiger partial charge in [0.15, 0.2) is 0 Å². The average Bonchev–Trinajstić information content (AvgIpc) is 2.62. The Kier molecular flexibility index (Phi) is 7.39. The minimum atomic E-state index is -0.799. The molecule has 6 heteroatoms. The fourth-order valence-electron chi connectivity index (χ4n) is 3.79. The number of aryl methyl sites for hydroxylation is 1. The predicted molar refractivity (Wildman–Crippen MR) is 108 cm³/mol. The molecule has 1 atom stereocenters. The zero-order chi connectivity index (χ0) is 20.1. The van der Waals surface area contributed by atoms with Crippen molar-refractivity contribution >= 4 is 17.6 Å². The number of aliphatic carboxylic acids is 1. The normalized spacial score (nSPS) is 17.3. The highest BCUT2D eigenvalue weighted by Gasteiger charge is 2.29. The zero-order valence-corrected chi connectivity index (χ0v) is 17.2. The summed E-state index contributed by atoms with van der Waals surface area (Å²) in [5, 5.41) is 12.1. The number of anilines is 1. The number of para-hydroxylation sites is 1. The van der Waals surface area contributed by atoms with E-state index in [0.717, 1.165) is 42.7 Å². The lowest BCUT2D eigenvalue weighted by atomic mass is 9.97. The van der Waals surface area contributed by atoms with Crippen LogP contribution in [0.1, 0.15) is 50.7 Å². The van der Waals surface area contributed by atoms with Crippen LogP contribution in [0.25, 0.3) is 0 Å². The molecule has 150 valence electrons. The molecule has 0 radical (unpaired) electrons. The summed E-state index contributed by atoms with van der Waals surface area (Å²) in [7, 11) is 1.86. The molecule has 2 N–H and O–H groups in total. The van der Waals surface area contributed by atoms with Gasteiger partial charge >= 0.3 is 5.97 Å². The highest BCUT2D eigenvalue weighted by Crippen LogP contribution is 2.28. The number of likely N-dealkylation sites (tertiary alicyclic amines) is 1. The number of benzene rings is 1. The Hall–Kier alpha value is -1.92. The van der Waals surface area contributed by atoms with Gasteiger partial charge in [-0.25, -0.2) is 0 Å². The molecule has 1 unspecified atom stereocenters. The topological polar surface area (TPSA) is 72.9 Å². The summed E-state index contributed by atoms with van der Waals surface area (Å²) in [5.41, 5.74) is 3.17. The number of carbonyl (C=O) groups excluding carboxylic acids is 1. The van der Waals surface area contributed by atoms with Crippen molar-refractivity contribution in [3.63, 3.8) is 0 Å². The Balaban J connectivity index is 1.97. The largest absolute Gasteiger partial charge is 0.480 e. The lowest BCUT2D eigenvalue weighted by Gasteiger charge is -2.38. The summed E-state index contributed by atoms with van der Waals surface area (Å²) >= 11 is 0. The third-order valence-electron chi connectivity index (χ3n) is 5.61. The molecule has 1 aliphatic heterocycles. The highest BCUT2D eigenvalue weighted by molar-refractivity contribution is 5.96. The number of hydrogen-bond acceptors (Lipinski definition) is 4. The number of piperidine rings is 1. The lowest BCUT2D eigenvalue weighted by molar-refractivity contribution is -0.138. The third kappa shape index (κ3) is 5.53. The highest BCUT2D eigenvalue weighted by atomic mass is 16.4. The molecule has 1 heterocycles. The van der Waals surface area contributed by atoms with Gasteiger partial charge in [-0.1, -0.05) is 32.0 Å². The fraction of sp³-hybridized carbons (Fsp3) is 0.619. The maximum absolute atomic E-state index is 12.9. The third-order valence-corrected chi connectivity index (χ3v) is 5.61. The molecule has 0 spiro atoms. The SMILES string of the molecule is Cc1cccc(C(C)C)c1NC(=O)C(C)N1CCC(N(C)CC(=O)O)CC1. The Labute approximate surface area is 162 Å². The van der Waals surface area contributed by atoms with Crippen LogP contribution in [0.2, 0.25) is 0 Å². The molecule has 0 aliphatic carbocycles. The Morgan fingerprint density at radius 1 is 1.26 bits per heavy atom. The van der Waals surface area contributed by atoms with Crippen molar-refractivity contribution in [2.24, 2.45) is 0 Å². The van der Waals surface area contributed by atoms with Crippen LogP contribution in [0.3, 0.4) is 0 Å². The first-order valence-electron chi connectivity index (χ1n) is 9.77. The number of amides is 1. The second-order valence-electron chi connectivity index (χ2n) is 7.94. The molecule has 0 saturated carbocycles. The number of hydrogen-bond donors (Lipinski definition) is 2. The molecule has 6 nitrogen and oxygen atoms in total. The van der Waals surface area contributed by atoms with Crippen molar-refractivity contribution in [3.05, 3.63) is 29.3 Å². The maximum atomic E-state index is 12.9. The molecule has 1 fully saturated rings. The molecule has 0 bridgehead atoms. The Morgan fingerprint density at radius 2 is 1.89 bits per heavy atom. The first-order valence-corrected chi connectivity index (χ1v) is 9.77. The summed E-state index contributed by atoms with van der Waals surface area (Å²) in [4.78, 5) is 27.8. The molecular formula is C21H33N3O3. The molecular weight excluding hydrogens is 342 g/mol. The van der Waals surface area contributed by atoms with Crippen LogP contribution in [0.4, 0.5) is 5.69 Å². The number of rotatable bonds is 7. The number of carboxylic acid groups (broad SMARTS) is 1. The fourth-order valence-corrected chi connectivity index (χ4v) is 3.79. The first-order chi connectivity index (χ1) is 12.7. The van der Waals surface area contributed by atoms with E-state index in [-0.39, 0.29) is 24.5 Å². The van der Waals surface area contributed by atoms with E-state index in [4.69, 9.17) is 5.11 Å². The van der Waals surface area contributed by atoms with Crippen molar-refractivity contribution in [1.82, 2.24) is 9.80 Å². The summed E-state index contributed by atoms with van der Waals surface area (Å²) in [6.45, 7) is 9.90. The minimum absolute atomic E-state index is 0.0172. The molecule has 2 rings (SSSR count). The van der Waals surface area contributed by atoms with E-state index in [1.165, 1.54) is 0 Å². The van der Waals surface area contributed by atoms with Gasteiger partial charge in [0.1, 0.15) is 0 Å². The van der Waals surface area contributed by atoms with E-state index in [2.05, 4.69) is 30.1 Å². The summed E-state index contributed by atoms with van der Waals surface area (Å²) < 4.78 is 0. The Bertz CT molecular complexity index is 667. The van der Waals surface area contributed by atoms with Gasteiger partial charge in [-0.2, -0.15) is 0 Å². The maximum Gasteiger partial charge on any atom is 0.317 e. The molecule has 1 amide bonds. The molecule has 27 heavy (non-hydrogen) atoms. The second kappa shape index (κ2) is 9.33. The number of nitrogens with zero attached hydrogens (tertiary/aromatic N) is 2. The molecule has 1 aromatic rings. The van der Waals surface area contributed by atoms with Crippen LogP contribution >= 0.6 is 0 Å². The average molecular weight is 376 g/mol. The van der Waals surface area contributed by atoms with Gasteiger partial charge in [0, 0.05) is 24.8 Å². The van der Waals surface area contributed by atoms with Crippen LogP contribution in [0.15, 0.2) is 18.2 Å².